The van der Waals surface area contributed by atoms with Crippen LogP contribution in [-0.2, 0) is 6.42 Å². The first-order chi connectivity index (χ1) is 7.29. The van der Waals surface area contributed by atoms with Crippen LogP contribution in [0, 0.1) is 19.3 Å². The summed E-state index contributed by atoms with van der Waals surface area (Å²) in [7, 11) is 0. The lowest BCUT2D eigenvalue weighted by atomic mass is 10.1. The molecule has 2 nitrogen and oxygen atoms in total. The highest BCUT2D eigenvalue weighted by molar-refractivity contribution is 5.75. The smallest absolute Gasteiger partial charge is 0.104 e. The Morgan fingerprint density at radius 3 is 2.80 bits per heavy atom. The number of hydrogen-bond acceptors (Lipinski definition) is 1. The molecule has 0 aliphatic heterocycles. The minimum absolute atomic E-state index is 0.675. The lowest BCUT2D eigenvalue weighted by molar-refractivity contribution is 1.17. The molecule has 0 aliphatic rings. The Kier molecular flexibility index (Phi) is 3.93. The fourth-order valence-electron chi connectivity index (χ4n) is 1.41. The van der Waals surface area contributed by atoms with Crippen LogP contribution in [0.5, 0.6) is 0 Å². The van der Waals surface area contributed by atoms with Gasteiger partial charge in [0.2, 0.25) is 0 Å². The van der Waals surface area contributed by atoms with Gasteiger partial charge in [0.25, 0.3) is 0 Å². The first-order valence-corrected chi connectivity index (χ1v) is 5.18. The van der Waals surface area contributed by atoms with Gasteiger partial charge in [-0.1, -0.05) is 19.9 Å². The predicted molar refractivity (Wildman–Crippen MR) is 64.7 cm³/mol. The molecule has 0 saturated heterocycles. The van der Waals surface area contributed by atoms with E-state index in [4.69, 9.17) is 6.42 Å². The van der Waals surface area contributed by atoms with Gasteiger partial charge in [0.1, 0.15) is 5.82 Å². The van der Waals surface area contributed by atoms with E-state index in [0.29, 0.717) is 6.42 Å². The van der Waals surface area contributed by atoms with Crippen LogP contribution in [0.25, 0.3) is 11.0 Å². The van der Waals surface area contributed by atoms with Crippen molar-refractivity contribution >= 4 is 11.0 Å². The van der Waals surface area contributed by atoms with Crippen molar-refractivity contribution in [2.75, 3.05) is 0 Å². The average molecular weight is 200 g/mol. The molecule has 1 heterocycles. The van der Waals surface area contributed by atoms with Gasteiger partial charge in [-0.15, -0.1) is 12.3 Å². The maximum absolute atomic E-state index is 5.23. The van der Waals surface area contributed by atoms with Crippen LogP contribution in [0.4, 0.5) is 0 Å². The third kappa shape index (κ3) is 2.60. The first kappa shape index (κ1) is 11.3. The lowest BCUT2D eigenvalue weighted by Gasteiger charge is -1.93. The van der Waals surface area contributed by atoms with Crippen molar-refractivity contribution in [1.82, 2.24) is 9.97 Å². The highest BCUT2D eigenvalue weighted by Crippen LogP contribution is 2.13. The Labute approximate surface area is 90.7 Å². The van der Waals surface area contributed by atoms with Crippen LogP contribution in [0.3, 0.4) is 0 Å². The van der Waals surface area contributed by atoms with E-state index in [1.165, 1.54) is 0 Å². The number of fused-ring (bicyclic) bond motifs is 1. The molecule has 2 rings (SSSR count). The third-order valence-electron chi connectivity index (χ3n) is 1.97. The number of imidazole rings is 1. The van der Waals surface area contributed by atoms with Crippen LogP contribution in [0.15, 0.2) is 18.2 Å². The normalized spacial score (nSPS) is 9.20. The second-order valence-electron chi connectivity index (χ2n) is 3.05. The number of hydrogen-bond donors (Lipinski definition) is 1. The second kappa shape index (κ2) is 5.21. The minimum Gasteiger partial charge on any atom is -0.342 e. The van der Waals surface area contributed by atoms with Crippen LogP contribution < -0.4 is 0 Å². The zero-order valence-corrected chi connectivity index (χ0v) is 9.46. The van der Waals surface area contributed by atoms with Crippen molar-refractivity contribution in [3.8, 4) is 12.3 Å². The Balaban J connectivity index is 0.000000531. The summed E-state index contributed by atoms with van der Waals surface area (Å²) in [5.74, 6) is 3.56. The summed E-state index contributed by atoms with van der Waals surface area (Å²) in [6, 6.07) is 6.06. The Hall–Kier alpha value is -1.75. The predicted octanol–water partition coefficient (Wildman–Crippen LogP) is 3.07. The molecule has 1 aromatic carbocycles. The quantitative estimate of drug-likeness (QED) is 0.704. The van der Waals surface area contributed by atoms with Crippen LogP contribution >= 0.6 is 0 Å². The number of nitrogens with one attached hydrogen (secondary N) is 1. The van der Waals surface area contributed by atoms with E-state index >= 15 is 0 Å². The number of aromatic nitrogens is 2. The summed E-state index contributed by atoms with van der Waals surface area (Å²) in [6.07, 6.45) is 5.91. The van der Waals surface area contributed by atoms with E-state index in [9.17, 15) is 0 Å². The standard InChI is InChI=1S/C11H10N2.C2H6/c1-3-4-9-5-6-10-11(7-9)13-8(2)12-10;1-2/h1,5-7H,4H2,2H3,(H,12,13);1-2H3. The number of aromatic amines is 1. The van der Waals surface area contributed by atoms with Crippen molar-refractivity contribution in [2.45, 2.75) is 27.2 Å². The van der Waals surface area contributed by atoms with Gasteiger partial charge in [-0.25, -0.2) is 4.98 Å². The van der Waals surface area contributed by atoms with Gasteiger partial charge in [-0.05, 0) is 24.6 Å². The van der Waals surface area contributed by atoms with E-state index in [2.05, 4.69) is 22.0 Å². The molecule has 0 aliphatic carbocycles. The van der Waals surface area contributed by atoms with Crippen molar-refractivity contribution in [3.05, 3.63) is 29.6 Å². The summed E-state index contributed by atoms with van der Waals surface area (Å²) in [4.78, 5) is 7.48. The van der Waals surface area contributed by atoms with Crippen molar-refractivity contribution < 1.29 is 0 Å². The van der Waals surface area contributed by atoms with Crippen molar-refractivity contribution in [3.63, 3.8) is 0 Å². The van der Waals surface area contributed by atoms with E-state index < -0.39 is 0 Å². The highest BCUT2D eigenvalue weighted by Gasteiger charge is 1.99. The number of H-pyrrole nitrogens is 1. The van der Waals surface area contributed by atoms with Gasteiger partial charge < -0.3 is 4.98 Å². The van der Waals surface area contributed by atoms with Gasteiger partial charge in [-0.2, -0.15) is 0 Å². The van der Waals surface area contributed by atoms with Gasteiger partial charge in [0, 0.05) is 6.42 Å². The molecule has 2 heteroatoms. The molecule has 0 bridgehead atoms. The van der Waals surface area contributed by atoms with E-state index in [-0.39, 0.29) is 0 Å². The molecule has 0 fully saturated rings. The number of nitrogens with zero attached hydrogens (tertiary/aromatic N) is 1. The Morgan fingerprint density at radius 2 is 2.13 bits per heavy atom. The largest absolute Gasteiger partial charge is 0.342 e. The van der Waals surface area contributed by atoms with Crippen LogP contribution in [-0.4, -0.2) is 9.97 Å². The van der Waals surface area contributed by atoms with E-state index in [0.717, 1.165) is 22.4 Å². The minimum atomic E-state index is 0.675. The summed E-state index contributed by atoms with van der Waals surface area (Å²) in [6.45, 7) is 5.95. The SMILES string of the molecule is C#CCc1ccc2nc(C)[nH]c2c1.CC. The average Bonchev–Trinajstić information content (AvgIpc) is 2.61. The number of benzene rings is 1. The first-order valence-electron chi connectivity index (χ1n) is 5.18. The lowest BCUT2D eigenvalue weighted by Crippen LogP contribution is -1.80. The molecule has 0 amide bonds. The molecule has 0 spiro atoms. The van der Waals surface area contributed by atoms with Gasteiger partial charge >= 0.3 is 0 Å². The monoisotopic (exact) mass is 200 g/mol. The molecule has 0 atom stereocenters. The molecule has 0 radical (unpaired) electrons. The third-order valence-corrected chi connectivity index (χ3v) is 1.97. The molecular weight excluding hydrogens is 184 g/mol. The summed E-state index contributed by atoms with van der Waals surface area (Å²) in [5, 5.41) is 0. The Morgan fingerprint density at radius 1 is 1.40 bits per heavy atom. The van der Waals surface area contributed by atoms with Gasteiger partial charge in [0.05, 0.1) is 11.0 Å². The zero-order chi connectivity index (χ0) is 11.3. The summed E-state index contributed by atoms with van der Waals surface area (Å²) < 4.78 is 0. The second-order valence-corrected chi connectivity index (χ2v) is 3.05. The number of terminal acetylenes is 1. The summed E-state index contributed by atoms with van der Waals surface area (Å²) >= 11 is 0. The molecule has 1 N–H and O–H groups in total. The number of aryl methyl sites for hydroxylation is 1. The highest BCUT2D eigenvalue weighted by atomic mass is 14.9. The molecule has 15 heavy (non-hydrogen) atoms. The van der Waals surface area contributed by atoms with Crippen LogP contribution in [0.1, 0.15) is 25.2 Å². The van der Waals surface area contributed by atoms with Crippen molar-refractivity contribution in [2.24, 2.45) is 0 Å². The van der Waals surface area contributed by atoms with Crippen molar-refractivity contribution in [1.29, 1.82) is 0 Å². The fourth-order valence-corrected chi connectivity index (χ4v) is 1.41. The Bertz CT molecular complexity index is 475. The fraction of sp³-hybridized carbons (Fsp3) is 0.308. The molecule has 1 aromatic heterocycles. The van der Waals surface area contributed by atoms with Gasteiger partial charge in [0.15, 0.2) is 0 Å². The molecule has 0 saturated carbocycles. The van der Waals surface area contributed by atoms with Crippen LogP contribution in [0.2, 0.25) is 0 Å². The molecule has 2 aromatic rings. The molecule has 0 unspecified atom stereocenters. The molecular formula is C13H16N2. The van der Waals surface area contributed by atoms with E-state index in [1.807, 2.05) is 32.9 Å². The maximum atomic E-state index is 5.23. The van der Waals surface area contributed by atoms with E-state index in [1.54, 1.807) is 0 Å². The van der Waals surface area contributed by atoms with Gasteiger partial charge in [-0.3, -0.25) is 0 Å². The maximum Gasteiger partial charge on any atom is 0.104 e. The molecule has 78 valence electrons. The summed E-state index contributed by atoms with van der Waals surface area (Å²) in [5.41, 5.74) is 3.21. The zero-order valence-electron chi connectivity index (χ0n) is 9.46. The number of rotatable bonds is 1. The topological polar surface area (TPSA) is 28.7 Å².